The fourth-order valence-electron chi connectivity index (χ4n) is 2.15. The number of nitrogens with two attached hydrogens (primary N) is 1. The molecule has 0 saturated heterocycles. The Balaban J connectivity index is 2.23. The summed E-state index contributed by atoms with van der Waals surface area (Å²) in [4.78, 5) is 11.6. The highest BCUT2D eigenvalue weighted by atomic mass is 16.5. The van der Waals surface area contributed by atoms with Crippen LogP contribution in [0.5, 0.6) is 0 Å². The number of hydrogen-bond acceptors (Lipinski definition) is 3. The van der Waals surface area contributed by atoms with Crippen LogP contribution in [-0.4, -0.2) is 17.6 Å². The van der Waals surface area contributed by atoms with Gasteiger partial charge in [0, 0.05) is 12.0 Å². The lowest BCUT2D eigenvalue weighted by Gasteiger charge is -2.27. The first-order valence-electron chi connectivity index (χ1n) is 6.35. The molecule has 0 spiro atoms. The van der Waals surface area contributed by atoms with Crippen LogP contribution in [0.4, 0.5) is 0 Å². The van der Waals surface area contributed by atoms with Crippen molar-refractivity contribution >= 4 is 5.97 Å². The van der Waals surface area contributed by atoms with Crippen molar-refractivity contribution in [1.82, 2.24) is 0 Å². The first-order chi connectivity index (χ1) is 7.37. The summed E-state index contributed by atoms with van der Waals surface area (Å²) in [5.74, 6) is 0.607. The predicted octanol–water partition coefficient (Wildman–Crippen LogP) is 2.63. The number of ether oxygens (including phenoxy) is 1. The summed E-state index contributed by atoms with van der Waals surface area (Å²) in [5.41, 5.74) is 5.55. The van der Waals surface area contributed by atoms with Crippen molar-refractivity contribution in [2.75, 3.05) is 0 Å². The van der Waals surface area contributed by atoms with Crippen LogP contribution in [0, 0.1) is 5.92 Å². The van der Waals surface area contributed by atoms with Gasteiger partial charge in [-0.25, -0.2) is 0 Å². The fraction of sp³-hybridized carbons (Fsp3) is 0.923. The van der Waals surface area contributed by atoms with Gasteiger partial charge in [0.2, 0.25) is 0 Å². The van der Waals surface area contributed by atoms with Crippen LogP contribution < -0.4 is 5.73 Å². The minimum Gasteiger partial charge on any atom is -0.462 e. The molecule has 1 fully saturated rings. The van der Waals surface area contributed by atoms with E-state index < -0.39 is 0 Å². The molecule has 0 aromatic heterocycles. The third kappa shape index (κ3) is 5.50. The number of carbonyl (C=O) groups is 1. The zero-order chi connectivity index (χ0) is 12.2. The summed E-state index contributed by atoms with van der Waals surface area (Å²) in [6, 6.07) is 0. The summed E-state index contributed by atoms with van der Waals surface area (Å²) in [6.45, 7) is 6.09. The van der Waals surface area contributed by atoms with Gasteiger partial charge in [-0.3, -0.25) is 4.79 Å². The molecular formula is C13H25NO2. The summed E-state index contributed by atoms with van der Waals surface area (Å²) in [6.07, 6.45) is 5.78. The molecule has 2 unspecified atom stereocenters. The molecule has 0 aromatic rings. The normalized spacial score (nSPS) is 26.5. The van der Waals surface area contributed by atoms with Crippen molar-refractivity contribution < 1.29 is 9.53 Å². The average molecular weight is 227 g/mol. The van der Waals surface area contributed by atoms with Crippen LogP contribution in [0.15, 0.2) is 0 Å². The topological polar surface area (TPSA) is 52.3 Å². The zero-order valence-electron chi connectivity index (χ0n) is 10.8. The summed E-state index contributed by atoms with van der Waals surface area (Å²) in [7, 11) is 0. The maximum Gasteiger partial charge on any atom is 0.306 e. The minimum absolute atomic E-state index is 0.0855. The smallest absolute Gasteiger partial charge is 0.306 e. The Morgan fingerprint density at radius 1 is 1.44 bits per heavy atom. The van der Waals surface area contributed by atoms with Crippen LogP contribution >= 0.6 is 0 Å². The third-order valence-corrected chi connectivity index (χ3v) is 3.16. The van der Waals surface area contributed by atoms with Gasteiger partial charge in [-0.15, -0.1) is 0 Å². The van der Waals surface area contributed by atoms with Crippen molar-refractivity contribution in [3.8, 4) is 0 Å². The highest BCUT2D eigenvalue weighted by molar-refractivity contribution is 5.69. The van der Waals surface area contributed by atoms with Gasteiger partial charge in [0.05, 0.1) is 0 Å². The minimum atomic E-state index is -0.279. The van der Waals surface area contributed by atoms with Gasteiger partial charge in [-0.2, -0.15) is 0 Å². The highest BCUT2D eigenvalue weighted by Crippen LogP contribution is 2.26. The van der Waals surface area contributed by atoms with E-state index in [0.29, 0.717) is 18.8 Å². The van der Waals surface area contributed by atoms with E-state index in [1.807, 2.05) is 13.8 Å². The molecule has 0 amide bonds. The number of esters is 1. The zero-order valence-corrected chi connectivity index (χ0v) is 10.8. The third-order valence-electron chi connectivity index (χ3n) is 3.16. The van der Waals surface area contributed by atoms with Gasteiger partial charge in [0.1, 0.15) is 6.10 Å². The van der Waals surface area contributed by atoms with Crippen molar-refractivity contribution in [1.29, 1.82) is 0 Å². The quantitative estimate of drug-likeness (QED) is 0.751. The van der Waals surface area contributed by atoms with E-state index in [2.05, 4.69) is 6.92 Å². The number of hydrogen-bond donors (Lipinski definition) is 1. The lowest BCUT2D eigenvalue weighted by atomic mass is 9.88. The summed E-state index contributed by atoms with van der Waals surface area (Å²) >= 11 is 0. The largest absolute Gasteiger partial charge is 0.462 e. The molecule has 16 heavy (non-hydrogen) atoms. The van der Waals surface area contributed by atoms with Gasteiger partial charge < -0.3 is 10.5 Å². The van der Waals surface area contributed by atoms with Gasteiger partial charge in [0.15, 0.2) is 0 Å². The summed E-state index contributed by atoms with van der Waals surface area (Å²) in [5, 5.41) is 0. The van der Waals surface area contributed by atoms with Crippen LogP contribution in [0.3, 0.4) is 0 Å². The van der Waals surface area contributed by atoms with Crippen LogP contribution in [0.25, 0.3) is 0 Å². The Hall–Kier alpha value is -0.570. The molecule has 0 aromatic carbocycles. The molecule has 1 rings (SSSR count). The first-order valence-corrected chi connectivity index (χ1v) is 6.35. The molecular weight excluding hydrogens is 202 g/mol. The predicted molar refractivity (Wildman–Crippen MR) is 65.0 cm³/mol. The fourth-order valence-corrected chi connectivity index (χ4v) is 2.15. The van der Waals surface area contributed by atoms with E-state index in [4.69, 9.17) is 10.5 Å². The maximum atomic E-state index is 11.6. The standard InChI is InChI=1S/C13H25NO2/c1-10-5-4-6-11(9-10)16-12(15)7-8-13(2,3)14/h10-11H,4-9,14H2,1-3H3. The molecule has 2 atom stereocenters. The van der Waals surface area contributed by atoms with Crippen LogP contribution in [0.2, 0.25) is 0 Å². The summed E-state index contributed by atoms with van der Waals surface area (Å²) < 4.78 is 5.46. The molecule has 1 aliphatic rings. The molecule has 1 aliphatic carbocycles. The van der Waals surface area contributed by atoms with Crippen molar-refractivity contribution in [3.63, 3.8) is 0 Å². The molecule has 94 valence electrons. The monoisotopic (exact) mass is 227 g/mol. The number of rotatable bonds is 4. The van der Waals surface area contributed by atoms with Crippen LogP contribution in [-0.2, 0) is 9.53 Å². The van der Waals surface area contributed by atoms with E-state index >= 15 is 0 Å². The number of carbonyl (C=O) groups excluding carboxylic acids is 1. The molecule has 3 heteroatoms. The Morgan fingerprint density at radius 3 is 2.69 bits per heavy atom. The second-order valence-corrected chi connectivity index (χ2v) is 5.87. The van der Waals surface area contributed by atoms with Crippen molar-refractivity contribution in [2.45, 2.75) is 70.9 Å². The molecule has 0 heterocycles. The SMILES string of the molecule is CC1CCCC(OC(=O)CCC(C)(C)N)C1. The molecule has 0 bridgehead atoms. The molecule has 3 nitrogen and oxygen atoms in total. The highest BCUT2D eigenvalue weighted by Gasteiger charge is 2.22. The van der Waals surface area contributed by atoms with Crippen molar-refractivity contribution in [2.24, 2.45) is 11.7 Å². The van der Waals surface area contributed by atoms with E-state index in [0.717, 1.165) is 12.8 Å². The maximum absolute atomic E-state index is 11.6. The van der Waals surface area contributed by atoms with Crippen molar-refractivity contribution in [3.05, 3.63) is 0 Å². The Bertz CT molecular complexity index is 233. The van der Waals surface area contributed by atoms with Gasteiger partial charge in [-0.05, 0) is 45.4 Å². The lowest BCUT2D eigenvalue weighted by molar-refractivity contribution is -0.151. The Morgan fingerprint density at radius 2 is 2.12 bits per heavy atom. The van der Waals surface area contributed by atoms with E-state index in [1.54, 1.807) is 0 Å². The van der Waals surface area contributed by atoms with Gasteiger partial charge >= 0.3 is 5.97 Å². The molecule has 0 aliphatic heterocycles. The molecule has 1 saturated carbocycles. The average Bonchev–Trinajstić information content (AvgIpc) is 2.14. The lowest BCUT2D eigenvalue weighted by Crippen LogP contribution is -2.33. The van der Waals surface area contributed by atoms with Gasteiger partial charge in [0.25, 0.3) is 0 Å². The second-order valence-electron chi connectivity index (χ2n) is 5.87. The Kier molecular flexibility index (Phi) is 4.78. The molecule has 2 N–H and O–H groups in total. The Labute approximate surface area is 98.7 Å². The van der Waals surface area contributed by atoms with E-state index in [9.17, 15) is 4.79 Å². The first kappa shape index (κ1) is 13.5. The molecule has 0 radical (unpaired) electrons. The second kappa shape index (κ2) is 5.67. The van der Waals surface area contributed by atoms with E-state index in [1.165, 1.54) is 12.8 Å². The van der Waals surface area contributed by atoms with Crippen LogP contribution in [0.1, 0.15) is 59.3 Å². The van der Waals surface area contributed by atoms with E-state index in [-0.39, 0.29) is 17.6 Å². The van der Waals surface area contributed by atoms with Gasteiger partial charge in [-0.1, -0.05) is 13.3 Å².